The third-order valence-electron chi connectivity index (χ3n) is 3.40. The number of hydrogen-bond acceptors (Lipinski definition) is 4. The quantitative estimate of drug-likeness (QED) is 0.567. The lowest BCUT2D eigenvalue weighted by Gasteiger charge is -2.11. The van der Waals surface area contributed by atoms with Crippen LogP contribution in [-0.2, 0) is 13.1 Å². The molecule has 0 unspecified atom stereocenters. The molecule has 0 spiro atoms. The van der Waals surface area contributed by atoms with E-state index < -0.39 is 0 Å². The number of thiophene rings is 1. The third kappa shape index (κ3) is 5.85. The maximum absolute atomic E-state index is 5.49. The summed E-state index contributed by atoms with van der Waals surface area (Å²) in [7, 11) is 0. The molecule has 0 fully saturated rings. The molecule has 0 saturated heterocycles. The molecule has 2 aromatic heterocycles. The van der Waals surface area contributed by atoms with Crippen LogP contribution in [0.5, 0.6) is 5.88 Å². The second-order valence-electron chi connectivity index (χ2n) is 5.43. The Morgan fingerprint density at radius 1 is 1.25 bits per heavy atom. The highest BCUT2D eigenvalue weighted by Gasteiger charge is 2.02. The fourth-order valence-corrected chi connectivity index (χ4v) is 2.90. The standard InChI is InChI=1S/C18H26N4OS/c1-4-9-23-17-7-6-15(11-20-17)12-21-18(19-5-2)22-13-16-14(3)8-10-24-16/h6-8,10-11H,4-5,9,12-13H2,1-3H3,(H2,19,21,22). The lowest BCUT2D eigenvalue weighted by molar-refractivity contribution is 0.305. The van der Waals surface area contributed by atoms with Gasteiger partial charge >= 0.3 is 0 Å². The second kappa shape index (κ2) is 9.93. The number of pyridine rings is 1. The lowest BCUT2D eigenvalue weighted by atomic mass is 10.3. The normalized spacial score (nSPS) is 11.4. The zero-order valence-corrected chi connectivity index (χ0v) is 15.4. The van der Waals surface area contributed by atoms with E-state index in [1.54, 1.807) is 11.3 Å². The summed E-state index contributed by atoms with van der Waals surface area (Å²) in [6, 6.07) is 6.05. The Bertz CT molecular complexity index is 637. The molecule has 2 rings (SSSR count). The molecule has 24 heavy (non-hydrogen) atoms. The van der Waals surface area contributed by atoms with Crippen LogP contribution in [0, 0.1) is 6.92 Å². The Balaban J connectivity index is 1.91. The first-order chi connectivity index (χ1) is 11.7. The van der Waals surface area contributed by atoms with Crippen LogP contribution in [-0.4, -0.2) is 24.1 Å². The molecule has 0 bridgehead atoms. The van der Waals surface area contributed by atoms with Gasteiger partial charge in [0.25, 0.3) is 0 Å². The molecule has 130 valence electrons. The van der Waals surface area contributed by atoms with E-state index in [9.17, 15) is 0 Å². The summed E-state index contributed by atoms with van der Waals surface area (Å²) in [5.41, 5.74) is 2.37. The number of aryl methyl sites for hydroxylation is 1. The molecule has 0 saturated carbocycles. The van der Waals surface area contributed by atoms with E-state index in [0.717, 1.165) is 31.0 Å². The van der Waals surface area contributed by atoms with Crippen molar-refractivity contribution in [3.63, 3.8) is 0 Å². The summed E-state index contributed by atoms with van der Waals surface area (Å²) in [6.45, 7) is 9.17. The van der Waals surface area contributed by atoms with Crippen molar-refractivity contribution in [1.29, 1.82) is 0 Å². The first-order valence-electron chi connectivity index (χ1n) is 8.35. The van der Waals surface area contributed by atoms with Crippen molar-refractivity contribution >= 4 is 17.3 Å². The zero-order valence-electron chi connectivity index (χ0n) is 14.6. The molecule has 0 amide bonds. The minimum absolute atomic E-state index is 0.583. The monoisotopic (exact) mass is 346 g/mol. The number of rotatable bonds is 8. The van der Waals surface area contributed by atoms with Crippen molar-refractivity contribution in [2.24, 2.45) is 4.99 Å². The molecule has 2 heterocycles. The average Bonchev–Trinajstić information content (AvgIpc) is 3.01. The molecule has 2 aromatic rings. The maximum Gasteiger partial charge on any atom is 0.213 e. The van der Waals surface area contributed by atoms with Gasteiger partial charge in [-0.1, -0.05) is 13.0 Å². The van der Waals surface area contributed by atoms with Gasteiger partial charge in [-0.25, -0.2) is 9.98 Å². The molecule has 0 radical (unpaired) electrons. The van der Waals surface area contributed by atoms with Gasteiger partial charge in [0.1, 0.15) is 0 Å². The maximum atomic E-state index is 5.49. The summed E-state index contributed by atoms with van der Waals surface area (Å²) < 4.78 is 5.49. The molecule has 2 N–H and O–H groups in total. The topological polar surface area (TPSA) is 58.5 Å². The first kappa shape index (κ1) is 18.3. The van der Waals surface area contributed by atoms with Gasteiger partial charge in [0.15, 0.2) is 5.96 Å². The molecule has 0 aliphatic heterocycles. The van der Waals surface area contributed by atoms with E-state index in [0.29, 0.717) is 19.0 Å². The first-order valence-corrected chi connectivity index (χ1v) is 9.23. The van der Waals surface area contributed by atoms with Crippen LogP contribution in [0.25, 0.3) is 0 Å². The van der Waals surface area contributed by atoms with Crippen LogP contribution in [0.1, 0.15) is 36.3 Å². The summed E-state index contributed by atoms with van der Waals surface area (Å²) in [4.78, 5) is 10.3. The Morgan fingerprint density at radius 2 is 2.12 bits per heavy atom. The van der Waals surface area contributed by atoms with Crippen molar-refractivity contribution in [2.75, 3.05) is 13.2 Å². The van der Waals surface area contributed by atoms with Crippen LogP contribution in [0.4, 0.5) is 0 Å². The van der Waals surface area contributed by atoms with Crippen molar-refractivity contribution in [3.8, 4) is 5.88 Å². The lowest BCUT2D eigenvalue weighted by Crippen LogP contribution is -2.36. The fourth-order valence-electron chi connectivity index (χ4n) is 2.06. The molecule has 5 nitrogen and oxygen atoms in total. The number of nitrogens with one attached hydrogen (secondary N) is 2. The van der Waals surface area contributed by atoms with Gasteiger partial charge in [0, 0.05) is 23.7 Å². The summed E-state index contributed by atoms with van der Waals surface area (Å²) in [5, 5.41) is 8.77. The van der Waals surface area contributed by atoms with E-state index in [1.165, 1.54) is 10.4 Å². The third-order valence-corrected chi connectivity index (χ3v) is 4.42. The average molecular weight is 346 g/mol. The van der Waals surface area contributed by atoms with E-state index in [4.69, 9.17) is 4.74 Å². The van der Waals surface area contributed by atoms with Gasteiger partial charge in [-0.15, -0.1) is 11.3 Å². The summed E-state index contributed by atoms with van der Waals surface area (Å²) in [6.07, 6.45) is 2.80. The van der Waals surface area contributed by atoms with E-state index in [-0.39, 0.29) is 0 Å². The minimum Gasteiger partial charge on any atom is -0.478 e. The van der Waals surface area contributed by atoms with Crippen molar-refractivity contribution in [1.82, 2.24) is 15.6 Å². The summed E-state index contributed by atoms with van der Waals surface area (Å²) >= 11 is 1.76. The highest BCUT2D eigenvalue weighted by atomic mass is 32.1. The predicted octanol–water partition coefficient (Wildman–Crippen LogP) is 3.50. The van der Waals surface area contributed by atoms with Crippen LogP contribution in [0.15, 0.2) is 34.8 Å². The van der Waals surface area contributed by atoms with Crippen LogP contribution in [0.3, 0.4) is 0 Å². The minimum atomic E-state index is 0.583. The number of aromatic nitrogens is 1. The molecule has 0 atom stereocenters. The fraction of sp³-hybridized carbons (Fsp3) is 0.444. The Morgan fingerprint density at radius 3 is 2.75 bits per heavy atom. The van der Waals surface area contributed by atoms with Crippen molar-refractivity contribution < 1.29 is 4.74 Å². The van der Waals surface area contributed by atoms with Crippen LogP contribution >= 0.6 is 11.3 Å². The van der Waals surface area contributed by atoms with Crippen LogP contribution in [0.2, 0.25) is 0 Å². The Labute approximate surface area is 148 Å². The van der Waals surface area contributed by atoms with Crippen LogP contribution < -0.4 is 15.4 Å². The molecular weight excluding hydrogens is 320 g/mol. The number of hydrogen-bond donors (Lipinski definition) is 2. The van der Waals surface area contributed by atoms with E-state index >= 15 is 0 Å². The van der Waals surface area contributed by atoms with Crippen molar-refractivity contribution in [3.05, 3.63) is 45.8 Å². The van der Waals surface area contributed by atoms with Gasteiger partial charge in [-0.3, -0.25) is 0 Å². The van der Waals surface area contributed by atoms with Gasteiger partial charge in [0.05, 0.1) is 19.7 Å². The Kier molecular flexibility index (Phi) is 7.55. The van der Waals surface area contributed by atoms with Gasteiger partial charge < -0.3 is 15.4 Å². The molecule has 0 aromatic carbocycles. The number of ether oxygens (including phenoxy) is 1. The van der Waals surface area contributed by atoms with Gasteiger partial charge in [0.2, 0.25) is 5.88 Å². The smallest absolute Gasteiger partial charge is 0.213 e. The van der Waals surface area contributed by atoms with E-state index in [1.807, 2.05) is 18.3 Å². The highest BCUT2D eigenvalue weighted by molar-refractivity contribution is 7.10. The number of guanidine groups is 1. The SMILES string of the molecule is CCCOc1ccc(CN=C(NCC)NCc2sccc2C)cn1. The summed E-state index contributed by atoms with van der Waals surface area (Å²) in [5.74, 6) is 1.49. The number of nitrogens with zero attached hydrogens (tertiary/aromatic N) is 2. The predicted molar refractivity (Wildman–Crippen MR) is 101 cm³/mol. The number of aliphatic imine (C=N–C) groups is 1. The van der Waals surface area contributed by atoms with Gasteiger partial charge in [-0.05, 0) is 42.8 Å². The zero-order chi connectivity index (χ0) is 17.2. The largest absolute Gasteiger partial charge is 0.478 e. The van der Waals surface area contributed by atoms with E-state index in [2.05, 4.69) is 52.8 Å². The molecular formula is C18H26N4OS. The molecule has 6 heteroatoms. The second-order valence-corrected chi connectivity index (χ2v) is 6.43. The Hall–Kier alpha value is -2.08. The molecule has 0 aliphatic rings. The molecule has 0 aliphatic carbocycles. The highest BCUT2D eigenvalue weighted by Crippen LogP contribution is 2.14. The van der Waals surface area contributed by atoms with Gasteiger partial charge in [-0.2, -0.15) is 0 Å². The van der Waals surface area contributed by atoms with Crippen molar-refractivity contribution in [2.45, 2.75) is 40.3 Å².